The molecule has 2 aromatic heterocycles. The summed E-state index contributed by atoms with van der Waals surface area (Å²) in [7, 11) is 0. The molecule has 0 aliphatic rings. The van der Waals surface area contributed by atoms with E-state index in [1.165, 1.54) is 17.5 Å². The molecule has 0 aliphatic heterocycles. The van der Waals surface area contributed by atoms with Crippen LogP contribution >= 0.6 is 0 Å². The second-order valence-corrected chi connectivity index (χ2v) is 5.03. The molecule has 1 unspecified atom stereocenters. The molecule has 0 amide bonds. The van der Waals surface area contributed by atoms with Gasteiger partial charge in [-0.2, -0.15) is 0 Å². The topological polar surface area (TPSA) is 25.8 Å². The van der Waals surface area contributed by atoms with Crippen LogP contribution in [0.1, 0.15) is 57.1 Å². The molecular weight excluding hydrogens is 232 g/mol. The quantitative estimate of drug-likeness (QED) is 0.788. The number of rotatable bonds is 3. The third kappa shape index (κ3) is 5.64. The Bertz CT molecular complexity index is 437. The van der Waals surface area contributed by atoms with Crippen molar-refractivity contribution in [3.05, 3.63) is 60.2 Å². The molecule has 0 spiro atoms. The Morgan fingerprint density at radius 3 is 2.00 bits per heavy atom. The van der Waals surface area contributed by atoms with Crippen molar-refractivity contribution in [3.63, 3.8) is 0 Å². The van der Waals surface area contributed by atoms with E-state index in [4.69, 9.17) is 0 Å². The van der Waals surface area contributed by atoms with Crippen LogP contribution in [0, 0.1) is 0 Å². The van der Waals surface area contributed by atoms with Crippen LogP contribution in [0.2, 0.25) is 0 Å². The highest BCUT2D eigenvalue weighted by Gasteiger charge is 1.99. The summed E-state index contributed by atoms with van der Waals surface area (Å²) in [5.41, 5.74) is 2.69. The molecule has 0 bridgehead atoms. The lowest BCUT2D eigenvalue weighted by Gasteiger charge is -2.06. The van der Waals surface area contributed by atoms with E-state index in [9.17, 15) is 0 Å². The molecule has 102 valence electrons. The second-order valence-electron chi connectivity index (χ2n) is 5.03. The number of hydrogen-bond donors (Lipinski definition) is 0. The molecule has 0 N–H and O–H groups in total. The fraction of sp³-hybridized carbons (Fsp3) is 0.412. The molecule has 0 saturated heterocycles. The predicted octanol–water partition coefficient (Wildman–Crippen LogP) is 4.80. The first-order valence-electron chi connectivity index (χ1n) is 6.95. The van der Waals surface area contributed by atoms with E-state index >= 15 is 0 Å². The van der Waals surface area contributed by atoms with Crippen LogP contribution in [0.3, 0.4) is 0 Å². The van der Waals surface area contributed by atoms with Crippen LogP contribution < -0.4 is 0 Å². The van der Waals surface area contributed by atoms with Crippen molar-refractivity contribution in [2.24, 2.45) is 0 Å². The highest BCUT2D eigenvalue weighted by Crippen LogP contribution is 2.16. The van der Waals surface area contributed by atoms with Gasteiger partial charge in [-0.05, 0) is 47.6 Å². The van der Waals surface area contributed by atoms with Gasteiger partial charge < -0.3 is 0 Å². The lowest BCUT2D eigenvalue weighted by atomic mass is 10.0. The summed E-state index contributed by atoms with van der Waals surface area (Å²) in [6, 6.07) is 8.22. The Balaban J connectivity index is 0.000000191. The molecule has 0 radical (unpaired) electrons. The van der Waals surface area contributed by atoms with Gasteiger partial charge >= 0.3 is 0 Å². The highest BCUT2D eigenvalue weighted by molar-refractivity contribution is 5.14. The third-order valence-corrected chi connectivity index (χ3v) is 3.24. The molecule has 2 nitrogen and oxygen atoms in total. The van der Waals surface area contributed by atoms with E-state index in [1.807, 2.05) is 24.7 Å². The Morgan fingerprint density at radius 2 is 1.58 bits per heavy atom. The molecule has 2 aromatic rings. The minimum Gasteiger partial charge on any atom is -0.265 e. The van der Waals surface area contributed by atoms with Crippen molar-refractivity contribution in [3.8, 4) is 0 Å². The molecule has 2 heterocycles. The van der Waals surface area contributed by atoms with Gasteiger partial charge in [-0.1, -0.05) is 33.8 Å². The van der Waals surface area contributed by atoms with Gasteiger partial charge in [-0.25, -0.2) is 0 Å². The Kier molecular flexibility index (Phi) is 6.80. The first-order chi connectivity index (χ1) is 9.15. The summed E-state index contributed by atoms with van der Waals surface area (Å²) in [6.45, 7) is 8.76. The van der Waals surface area contributed by atoms with Gasteiger partial charge in [0, 0.05) is 24.8 Å². The first kappa shape index (κ1) is 15.4. The van der Waals surface area contributed by atoms with E-state index < -0.39 is 0 Å². The normalized spacial score (nSPS) is 11.6. The van der Waals surface area contributed by atoms with Crippen molar-refractivity contribution in [2.75, 3.05) is 0 Å². The van der Waals surface area contributed by atoms with E-state index in [-0.39, 0.29) is 0 Å². The van der Waals surface area contributed by atoms with Crippen molar-refractivity contribution in [2.45, 2.75) is 46.0 Å². The summed E-state index contributed by atoms with van der Waals surface area (Å²) in [4.78, 5) is 7.97. The summed E-state index contributed by atoms with van der Waals surface area (Å²) in [5.74, 6) is 1.27. The van der Waals surface area contributed by atoms with Crippen molar-refractivity contribution >= 4 is 0 Å². The molecule has 0 fully saturated rings. The summed E-state index contributed by atoms with van der Waals surface area (Å²) in [6.07, 6.45) is 8.60. The maximum absolute atomic E-state index is 4.01. The van der Waals surface area contributed by atoms with Crippen LogP contribution in [0.4, 0.5) is 0 Å². The van der Waals surface area contributed by atoms with Gasteiger partial charge in [0.1, 0.15) is 0 Å². The maximum Gasteiger partial charge on any atom is 0.0302 e. The van der Waals surface area contributed by atoms with Gasteiger partial charge in [0.15, 0.2) is 0 Å². The molecule has 2 rings (SSSR count). The second kappa shape index (κ2) is 8.41. The zero-order valence-corrected chi connectivity index (χ0v) is 12.4. The summed E-state index contributed by atoms with van der Waals surface area (Å²) in [5, 5.41) is 0. The average molecular weight is 256 g/mol. The van der Waals surface area contributed by atoms with Crippen molar-refractivity contribution < 1.29 is 0 Å². The Morgan fingerprint density at radius 1 is 0.895 bits per heavy atom. The SMILES string of the molecule is CC(C)c1cccnc1.CCC(C)c1ccncc1. The fourth-order valence-electron chi connectivity index (χ4n) is 1.65. The fourth-order valence-corrected chi connectivity index (χ4v) is 1.65. The van der Waals surface area contributed by atoms with E-state index in [0.29, 0.717) is 11.8 Å². The van der Waals surface area contributed by atoms with Gasteiger partial charge in [-0.15, -0.1) is 0 Å². The Hall–Kier alpha value is -1.70. The van der Waals surface area contributed by atoms with Crippen LogP contribution in [0.25, 0.3) is 0 Å². The van der Waals surface area contributed by atoms with Gasteiger partial charge in [0.2, 0.25) is 0 Å². The zero-order chi connectivity index (χ0) is 14.1. The molecule has 0 aromatic carbocycles. The number of hydrogen-bond acceptors (Lipinski definition) is 2. The molecule has 2 heteroatoms. The summed E-state index contributed by atoms with van der Waals surface area (Å²) >= 11 is 0. The predicted molar refractivity (Wildman–Crippen MR) is 81.3 cm³/mol. The number of nitrogens with zero attached hydrogens (tertiary/aromatic N) is 2. The lowest BCUT2D eigenvalue weighted by molar-refractivity contribution is 0.732. The Labute approximate surface area is 116 Å². The van der Waals surface area contributed by atoms with Crippen LogP contribution in [-0.4, -0.2) is 9.97 Å². The minimum atomic E-state index is 0.596. The van der Waals surface area contributed by atoms with Gasteiger partial charge in [0.05, 0.1) is 0 Å². The smallest absolute Gasteiger partial charge is 0.0302 e. The van der Waals surface area contributed by atoms with Crippen molar-refractivity contribution in [1.29, 1.82) is 0 Å². The van der Waals surface area contributed by atoms with E-state index in [1.54, 1.807) is 6.20 Å². The number of pyridine rings is 2. The van der Waals surface area contributed by atoms with Gasteiger partial charge in [0.25, 0.3) is 0 Å². The largest absolute Gasteiger partial charge is 0.265 e. The van der Waals surface area contributed by atoms with Crippen LogP contribution in [0.15, 0.2) is 49.1 Å². The molecule has 1 atom stereocenters. The number of aromatic nitrogens is 2. The molecular formula is C17H24N2. The molecule has 0 saturated carbocycles. The van der Waals surface area contributed by atoms with E-state index in [2.05, 4.69) is 55.9 Å². The monoisotopic (exact) mass is 256 g/mol. The van der Waals surface area contributed by atoms with Crippen LogP contribution in [0.5, 0.6) is 0 Å². The van der Waals surface area contributed by atoms with E-state index in [0.717, 1.165) is 0 Å². The third-order valence-electron chi connectivity index (χ3n) is 3.24. The maximum atomic E-state index is 4.01. The molecule has 0 aliphatic carbocycles. The lowest BCUT2D eigenvalue weighted by Crippen LogP contribution is -1.89. The van der Waals surface area contributed by atoms with Gasteiger partial charge in [-0.3, -0.25) is 9.97 Å². The highest BCUT2D eigenvalue weighted by atomic mass is 14.6. The van der Waals surface area contributed by atoms with Crippen LogP contribution in [-0.2, 0) is 0 Å². The standard InChI is InChI=1S/C9H13N.C8H11N/c1-3-8(2)9-4-6-10-7-5-9;1-7(2)8-4-3-5-9-6-8/h4-8H,3H2,1-2H3;3-7H,1-2H3. The van der Waals surface area contributed by atoms with Crippen molar-refractivity contribution in [1.82, 2.24) is 9.97 Å². The molecule has 19 heavy (non-hydrogen) atoms. The zero-order valence-electron chi connectivity index (χ0n) is 12.4. The first-order valence-corrected chi connectivity index (χ1v) is 6.95. The average Bonchev–Trinajstić information content (AvgIpc) is 2.49. The summed E-state index contributed by atoms with van der Waals surface area (Å²) < 4.78 is 0. The minimum absolute atomic E-state index is 0.596.